The first-order chi connectivity index (χ1) is 13.1. The average molecular weight is 428 g/mol. The molecule has 1 heterocycles. The molecule has 2 atom stereocenters. The first kappa shape index (κ1) is 25.2. The van der Waals surface area contributed by atoms with Gasteiger partial charge in [-0.25, -0.2) is 0 Å². The summed E-state index contributed by atoms with van der Waals surface area (Å²) in [4.78, 5) is 5.03. The molecule has 27 heavy (non-hydrogen) atoms. The van der Waals surface area contributed by atoms with Gasteiger partial charge in [0.15, 0.2) is 0 Å². The molecule has 2 unspecified atom stereocenters. The van der Waals surface area contributed by atoms with Gasteiger partial charge in [-0.15, -0.1) is 0 Å². The van der Waals surface area contributed by atoms with Crippen molar-refractivity contribution in [2.24, 2.45) is 5.92 Å². The van der Waals surface area contributed by atoms with E-state index in [0.29, 0.717) is 11.8 Å². The number of benzene rings is 1. The molecule has 3 nitrogen and oxygen atoms in total. The molecule has 0 bridgehead atoms. The summed E-state index contributed by atoms with van der Waals surface area (Å²) < 4.78 is 0. The monoisotopic (exact) mass is 427 g/mol. The van der Waals surface area contributed by atoms with Crippen LogP contribution in [0.15, 0.2) is 24.3 Å². The Morgan fingerprint density at radius 2 is 1.85 bits per heavy atom. The zero-order chi connectivity index (χ0) is 20.1. The molecule has 0 aromatic heterocycles. The first-order valence-corrected chi connectivity index (χ1v) is 11.4. The second-order valence-corrected chi connectivity index (χ2v) is 8.30. The Labute approximate surface area is 183 Å². The van der Waals surface area contributed by atoms with Gasteiger partial charge in [0.2, 0.25) is 0 Å². The largest absolute Gasteiger partial charge is 0.315 e. The van der Waals surface area contributed by atoms with Crippen molar-refractivity contribution in [3.63, 3.8) is 0 Å². The van der Waals surface area contributed by atoms with Gasteiger partial charge in [0.05, 0.1) is 7.85 Å². The first-order valence-electron chi connectivity index (χ1n) is 9.80. The number of hydrogen-bond acceptors (Lipinski definition) is 5. The molecule has 0 aliphatic carbocycles. The van der Waals surface area contributed by atoms with Crippen molar-refractivity contribution in [1.82, 2.24) is 15.1 Å². The molecule has 2 rings (SSSR count). The van der Waals surface area contributed by atoms with E-state index in [2.05, 4.69) is 67.4 Å². The second kappa shape index (κ2) is 15.1. The Bertz CT molecular complexity index is 493. The molecule has 7 heteroatoms. The molecular weight excluding hydrogens is 393 g/mol. The van der Waals surface area contributed by atoms with Crippen LogP contribution in [0.5, 0.6) is 0 Å². The van der Waals surface area contributed by atoms with Gasteiger partial charge in [0.25, 0.3) is 0 Å². The van der Waals surface area contributed by atoms with Crippen LogP contribution in [-0.2, 0) is 0 Å². The van der Waals surface area contributed by atoms with Crippen LogP contribution in [0.25, 0.3) is 0 Å². The van der Waals surface area contributed by atoms with Crippen molar-refractivity contribution >= 4 is 44.7 Å². The minimum absolute atomic E-state index is 0.612. The summed E-state index contributed by atoms with van der Waals surface area (Å²) in [6.45, 7) is 9.04. The van der Waals surface area contributed by atoms with Crippen LogP contribution in [0.3, 0.4) is 0 Å². The van der Waals surface area contributed by atoms with Crippen molar-refractivity contribution < 1.29 is 0 Å². The summed E-state index contributed by atoms with van der Waals surface area (Å²) in [5.41, 5.74) is 1.43. The van der Waals surface area contributed by atoms with Gasteiger partial charge in [0.1, 0.15) is 0 Å². The zero-order valence-corrected chi connectivity index (χ0v) is 19.3. The van der Waals surface area contributed by atoms with E-state index in [1.807, 2.05) is 12.1 Å². The van der Waals surface area contributed by atoms with Crippen LogP contribution >= 0.6 is 36.9 Å². The van der Waals surface area contributed by atoms with Crippen LogP contribution in [-0.4, -0.2) is 82.0 Å². The predicted molar refractivity (Wildman–Crippen MR) is 128 cm³/mol. The minimum atomic E-state index is 0.612. The van der Waals surface area contributed by atoms with Gasteiger partial charge in [-0.05, 0) is 49.5 Å². The standard InChI is InChI=1S/C19H32ClN3S2.CH3B/c1-22-9-6-19(16-2-4-18(20)5-3-16)17(14-22)15-23(11-13-25)10-7-21-8-12-24;1-2/h2-5,17,19,21,24-25H,6-15H2,1H3;1H3. The zero-order valence-electron chi connectivity index (χ0n) is 16.8. The van der Waals surface area contributed by atoms with E-state index < -0.39 is 0 Å². The lowest BCUT2D eigenvalue weighted by molar-refractivity contribution is 0.136. The third-order valence-electron chi connectivity index (χ3n) is 5.04. The fourth-order valence-electron chi connectivity index (χ4n) is 3.76. The quantitative estimate of drug-likeness (QED) is 0.302. The molecule has 0 amide bonds. The summed E-state index contributed by atoms with van der Waals surface area (Å²) in [6, 6.07) is 8.48. The van der Waals surface area contributed by atoms with E-state index in [-0.39, 0.29) is 0 Å². The highest BCUT2D eigenvalue weighted by Gasteiger charge is 2.30. The van der Waals surface area contributed by atoms with Crippen molar-refractivity contribution in [2.75, 3.05) is 64.4 Å². The molecule has 2 radical (unpaired) electrons. The van der Waals surface area contributed by atoms with Crippen molar-refractivity contribution in [1.29, 1.82) is 0 Å². The fraction of sp³-hybridized carbons (Fsp3) is 0.700. The summed E-state index contributed by atoms with van der Waals surface area (Å²) in [5, 5.41) is 4.27. The lowest BCUT2D eigenvalue weighted by Crippen LogP contribution is -2.45. The van der Waals surface area contributed by atoms with Crippen molar-refractivity contribution in [2.45, 2.75) is 19.2 Å². The molecule has 1 saturated heterocycles. The van der Waals surface area contributed by atoms with E-state index in [1.54, 1.807) is 0 Å². The van der Waals surface area contributed by atoms with E-state index in [9.17, 15) is 0 Å². The number of thiol groups is 2. The number of halogens is 1. The maximum Gasteiger partial charge on any atom is 0.0606 e. The lowest BCUT2D eigenvalue weighted by atomic mass is 9.80. The molecule has 1 aliphatic heterocycles. The van der Waals surface area contributed by atoms with Crippen molar-refractivity contribution in [3.8, 4) is 0 Å². The Morgan fingerprint density at radius 3 is 2.48 bits per heavy atom. The molecule has 0 spiro atoms. The third kappa shape index (κ3) is 9.46. The van der Waals surface area contributed by atoms with Crippen LogP contribution < -0.4 is 5.32 Å². The number of nitrogens with one attached hydrogen (secondary N) is 1. The van der Waals surface area contributed by atoms with Crippen LogP contribution in [0.2, 0.25) is 11.8 Å². The number of rotatable bonds is 10. The van der Waals surface area contributed by atoms with E-state index in [1.165, 1.54) is 25.4 Å². The fourth-order valence-corrected chi connectivity index (χ4v) is 4.32. The molecule has 1 aromatic rings. The third-order valence-corrected chi connectivity index (χ3v) is 5.71. The van der Waals surface area contributed by atoms with Gasteiger partial charge in [0, 0.05) is 55.8 Å². The average Bonchev–Trinajstić information content (AvgIpc) is 2.68. The molecule has 1 N–H and O–H groups in total. The number of likely N-dealkylation sites (tertiary alicyclic amines) is 1. The summed E-state index contributed by atoms with van der Waals surface area (Å²) in [5.74, 6) is 3.05. The maximum absolute atomic E-state index is 6.08. The van der Waals surface area contributed by atoms with Gasteiger partial charge in [-0.1, -0.05) is 30.6 Å². The predicted octanol–water partition coefficient (Wildman–Crippen LogP) is 3.33. The number of nitrogens with zero attached hydrogens (tertiary/aromatic N) is 2. The number of piperidine rings is 1. The van der Waals surface area contributed by atoms with E-state index in [4.69, 9.17) is 11.6 Å². The Kier molecular flexibility index (Phi) is 14.0. The van der Waals surface area contributed by atoms with E-state index in [0.717, 1.165) is 55.8 Å². The highest BCUT2D eigenvalue weighted by atomic mass is 35.5. The molecule has 1 aromatic carbocycles. The SMILES string of the molecule is CN1CCC(c2ccc(Cl)cc2)C(CN(CCS)CCNCCS)C1.[B]C. The Hall–Kier alpha value is 0.155. The molecule has 0 saturated carbocycles. The molecule has 152 valence electrons. The van der Waals surface area contributed by atoms with Gasteiger partial charge >= 0.3 is 0 Å². The molecular formula is C20H35BClN3S2. The summed E-state index contributed by atoms with van der Waals surface area (Å²) in [6.07, 6.45) is 1.22. The van der Waals surface area contributed by atoms with Gasteiger partial charge in [-0.3, -0.25) is 0 Å². The topological polar surface area (TPSA) is 18.5 Å². The minimum Gasteiger partial charge on any atom is -0.315 e. The smallest absolute Gasteiger partial charge is 0.0606 e. The highest BCUT2D eigenvalue weighted by molar-refractivity contribution is 7.80. The normalized spacial score (nSPS) is 20.4. The maximum atomic E-state index is 6.08. The Morgan fingerprint density at radius 1 is 1.15 bits per heavy atom. The van der Waals surface area contributed by atoms with Crippen LogP contribution in [0.1, 0.15) is 17.9 Å². The lowest BCUT2D eigenvalue weighted by Gasteiger charge is -2.40. The number of hydrogen-bond donors (Lipinski definition) is 3. The Balaban J connectivity index is 0.00000176. The van der Waals surface area contributed by atoms with Gasteiger partial charge < -0.3 is 15.1 Å². The van der Waals surface area contributed by atoms with Crippen LogP contribution in [0.4, 0.5) is 0 Å². The van der Waals surface area contributed by atoms with E-state index >= 15 is 0 Å². The second-order valence-electron chi connectivity index (χ2n) is 6.97. The highest BCUT2D eigenvalue weighted by Crippen LogP contribution is 2.33. The van der Waals surface area contributed by atoms with Gasteiger partial charge in [-0.2, -0.15) is 25.3 Å². The molecule has 1 fully saturated rings. The van der Waals surface area contributed by atoms with Crippen LogP contribution in [0, 0.1) is 5.92 Å². The van der Waals surface area contributed by atoms with Crippen molar-refractivity contribution in [3.05, 3.63) is 34.9 Å². The summed E-state index contributed by atoms with van der Waals surface area (Å²) >= 11 is 14.8. The molecule has 1 aliphatic rings. The summed E-state index contributed by atoms with van der Waals surface area (Å²) in [7, 11) is 6.74.